The molecule has 30 heavy (non-hydrogen) atoms. The number of rotatable bonds is 10. The van der Waals surface area contributed by atoms with Gasteiger partial charge in [0, 0.05) is 17.9 Å². The van der Waals surface area contributed by atoms with Crippen molar-refractivity contribution in [2.75, 3.05) is 37.8 Å². The average Bonchev–Trinajstić information content (AvgIpc) is 3.15. The highest BCUT2D eigenvalue weighted by Gasteiger charge is 2.20. The molecule has 0 aliphatic heterocycles. The Kier molecular flexibility index (Phi) is 8.24. The molecule has 1 aromatic heterocycles. The zero-order valence-electron chi connectivity index (χ0n) is 17.7. The van der Waals surface area contributed by atoms with Crippen molar-refractivity contribution in [3.8, 4) is 0 Å². The van der Waals surface area contributed by atoms with Gasteiger partial charge in [-0.1, -0.05) is 35.1 Å². The number of nitrogens with zero attached hydrogens (tertiary/aromatic N) is 3. The van der Waals surface area contributed by atoms with E-state index in [1.165, 1.54) is 27.9 Å². The molecule has 1 amide bonds. The Morgan fingerprint density at radius 1 is 1.10 bits per heavy atom. The number of aryl methyl sites for hydroxylation is 1. The molecular weight excluding hydrogens is 417 g/mol. The number of carbonyl (C=O) groups excluding carboxylic acids is 1. The number of amides is 1. The number of para-hydroxylation sites is 1. The van der Waals surface area contributed by atoms with Crippen LogP contribution in [0, 0.1) is 12.7 Å². The van der Waals surface area contributed by atoms with E-state index in [-0.39, 0.29) is 11.7 Å². The van der Waals surface area contributed by atoms with E-state index in [2.05, 4.69) is 41.1 Å². The SMILES string of the molecule is Cc1ccc(SCCCC(=O)N(CCCN(C)C)c2nc3c(F)cccc3s2)cc1. The summed E-state index contributed by atoms with van der Waals surface area (Å²) in [6, 6.07) is 13.4. The van der Waals surface area contributed by atoms with Crippen LogP contribution in [0.15, 0.2) is 47.4 Å². The largest absolute Gasteiger partial charge is 0.309 e. The minimum absolute atomic E-state index is 0.0535. The van der Waals surface area contributed by atoms with Crippen LogP contribution >= 0.6 is 23.1 Å². The summed E-state index contributed by atoms with van der Waals surface area (Å²) >= 11 is 3.15. The van der Waals surface area contributed by atoms with Crippen LogP contribution in [0.2, 0.25) is 0 Å². The van der Waals surface area contributed by atoms with E-state index < -0.39 is 0 Å². The molecule has 7 heteroatoms. The first-order valence-electron chi connectivity index (χ1n) is 10.1. The van der Waals surface area contributed by atoms with Gasteiger partial charge in [-0.05, 0) is 70.4 Å². The monoisotopic (exact) mass is 445 g/mol. The van der Waals surface area contributed by atoms with Gasteiger partial charge in [-0.2, -0.15) is 0 Å². The van der Waals surface area contributed by atoms with Gasteiger partial charge in [0.15, 0.2) is 5.13 Å². The lowest BCUT2D eigenvalue weighted by molar-refractivity contribution is -0.118. The summed E-state index contributed by atoms with van der Waals surface area (Å²) < 4.78 is 14.9. The molecule has 0 atom stereocenters. The highest BCUT2D eigenvalue weighted by molar-refractivity contribution is 7.99. The van der Waals surface area contributed by atoms with Gasteiger partial charge in [-0.3, -0.25) is 9.69 Å². The van der Waals surface area contributed by atoms with Gasteiger partial charge < -0.3 is 4.90 Å². The predicted octanol–water partition coefficient (Wildman–Crippen LogP) is 5.60. The molecule has 0 aliphatic rings. The molecule has 160 valence electrons. The van der Waals surface area contributed by atoms with Gasteiger partial charge in [0.2, 0.25) is 5.91 Å². The van der Waals surface area contributed by atoms with Crippen molar-refractivity contribution in [1.82, 2.24) is 9.88 Å². The molecule has 2 aromatic carbocycles. The van der Waals surface area contributed by atoms with Crippen molar-refractivity contribution < 1.29 is 9.18 Å². The molecule has 0 bridgehead atoms. The highest BCUT2D eigenvalue weighted by Crippen LogP contribution is 2.31. The normalized spacial score (nSPS) is 11.4. The van der Waals surface area contributed by atoms with Crippen LogP contribution in [0.25, 0.3) is 10.2 Å². The molecule has 0 fully saturated rings. The topological polar surface area (TPSA) is 36.4 Å². The first-order valence-corrected chi connectivity index (χ1v) is 11.9. The summed E-state index contributed by atoms with van der Waals surface area (Å²) in [5.41, 5.74) is 1.59. The van der Waals surface area contributed by atoms with E-state index in [0.29, 0.717) is 23.6 Å². The van der Waals surface area contributed by atoms with Crippen LogP contribution in [-0.2, 0) is 4.79 Å². The van der Waals surface area contributed by atoms with Gasteiger partial charge >= 0.3 is 0 Å². The van der Waals surface area contributed by atoms with E-state index in [1.807, 2.05) is 20.2 Å². The molecule has 0 N–H and O–H groups in total. The van der Waals surface area contributed by atoms with Crippen molar-refractivity contribution in [1.29, 1.82) is 0 Å². The standard InChI is InChI=1S/C23H28FN3OS2/c1-17-10-12-18(13-11-17)29-16-5-9-21(28)27(15-6-14-26(2)3)23-25-22-19(24)7-4-8-20(22)30-23/h4,7-8,10-13H,5-6,9,14-16H2,1-3H3. The van der Waals surface area contributed by atoms with Crippen LogP contribution in [0.5, 0.6) is 0 Å². The molecule has 0 radical (unpaired) electrons. The molecule has 0 saturated carbocycles. The number of anilines is 1. The summed E-state index contributed by atoms with van der Waals surface area (Å²) in [6.07, 6.45) is 2.09. The Morgan fingerprint density at radius 2 is 1.87 bits per heavy atom. The molecular formula is C23H28FN3OS2. The number of hydrogen-bond acceptors (Lipinski definition) is 5. The molecule has 3 aromatic rings. The Balaban J connectivity index is 1.63. The van der Waals surface area contributed by atoms with Crippen molar-refractivity contribution >= 4 is 44.4 Å². The Morgan fingerprint density at radius 3 is 2.57 bits per heavy atom. The fourth-order valence-corrected chi connectivity index (χ4v) is 4.95. The second-order valence-electron chi connectivity index (χ2n) is 7.55. The zero-order valence-corrected chi connectivity index (χ0v) is 19.4. The summed E-state index contributed by atoms with van der Waals surface area (Å²) in [5.74, 6) is 0.595. The third-order valence-corrected chi connectivity index (χ3v) is 6.84. The van der Waals surface area contributed by atoms with Crippen LogP contribution in [0.1, 0.15) is 24.8 Å². The summed E-state index contributed by atoms with van der Waals surface area (Å²) in [5, 5.41) is 0.588. The molecule has 0 spiro atoms. The second kappa shape index (κ2) is 10.9. The number of fused-ring (bicyclic) bond motifs is 1. The Hall–Kier alpha value is -1.96. The quantitative estimate of drug-likeness (QED) is 0.301. The first-order chi connectivity index (χ1) is 14.4. The lowest BCUT2D eigenvalue weighted by Gasteiger charge is -2.21. The number of thiazole rings is 1. The summed E-state index contributed by atoms with van der Waals surface area (Å²) in [4.78, 5) is 22.5. The van der Waals surface area contributed by atoms with Crippen molar-refractivity contribution in [2.45, 2.75) is 31.1 Å². The molecule has 3 rings (SSSR count). The third kappa shape index (κ3) is 6.27. The number of aromatic nitrogens is 1. The van der Waals surface area contributed by atoms with Gasteiger partial charge in [0.1, 0.15) is 11.3 Å². The Bertz CT molecular complexity index is 972. The fraction of sp³-hybridized carbons (Fsp3) is 0.391. The molecule has 0 unspecified atom stereocenters. The van der Waals surface area contributed by atoms with Gasteiger partial charge in [-0.15, -0.1) is 11.8 Å². The Labute approximate surface area is 186 Å². The zero-order chi connectivity index (χ0) is 21.5. The van der Waals surface area contributed by atoms with Crippen molar-refractivity contribution in [3.63, 3.8) is 0 Å². The summed E-state index contributed by atoms with van der Waals surface area (Å²) in [7, 11) is 4.03. The fourth-order valence-electron chi connectivity index (χ4n) is 3.07. The van der Waals surface area contributed by atoms with E-state index in [0.717, 1.165) is 29.8 Å². The van der Waals surface area contributed by atoms with Gasteiger partial charge in [0.25, 0.3) is 0 Å². The maximum atomic E-state index is 14.1. The molecule has 4 nitrogen and oxygen atoms in total. The first kappa shape index (κ1) is 22.7. The van der Waals surface area contributed by atoms with Gasteiger partial charge in [-0.25, -0.2) is 9.37 Å². The lowest BCUT2D eigenvalue weighted by atomic mass is 10.2. The number of halogens is 1. The summed E-state index contributed by atoms with van der Waals surface area (Å²) in [6.45, 7) is 3.54. The van der Waals surface area contributed by atoms with Crippen LogP contribution < -0.4 is 4.90 Å². The van der Waals surface area contributed by atoms with Crippen LogP contribution in [0.3, 0.4) is 0 Å². The number of thioether (sulfide) groups is 1. The van der Waals surface area contributed by atoms with Crippen LogP contribution in [0.4, 0.5) is 9.52 Å². The highest BCUT2D eigenvalue weighted by atomic mass is 32.2. The number of carbonyl (C=O) groups is 1. The van der Waals surface area contributed by atoms with E-state index in [1.54, 1.807) is 22.7 Å². The van der Waals surface area contributed by atoms with E-state index in [9.17, 15) is 9.18 Å². The molecule has 0 saturated heterocycles. The number of hydrogen-bond donors (Lipinski definition) is 0. The van der Waals surface area contributed by atoms with E-state index in [4.69, 9.17) is 0 Å². The number of benzene rings is 2. The van der Waals surface area contributed by atoms with Crippen molar-refractivity contribution in [2.24, 2.45) is 0 Å². The predicted molar refractivity (Wildman–Crippen MR) is 126 cm³/mol. The average molecular weight is 446 g/mol. The lowest BCUT2D eigenvalue weighted by Crippen LogP contribution is -2.33. The smallest absolute Gasteiger partial charge is 0.228 e. The van der Waals surface area contributed by atoms with Gasteiger partial charge in [0.05, 0.1) is 4.70 Å². The second-order valence-corrected chi connectivity index (χ2v) is 9.73. The minimum Gasteiger partial charge on any atom is -0.309 e. The third-order valence-electron chi connectivity index (χ3n) is 4.70. The molecule has 1 heterocycles. The van der Waals surface area contributed by atoms with Crippen LogP contribution in [-0.4, -0.2) is 48.7 Å². The maximum Gasteiger partial charge on any atom is 0.228 e. The maximum absolute atomic E-state index is 14.1. The molecule has 0 aliphatic carbocycles. The minimum atomic E-state index is -0.342. The van der Waals surface area contributed by atoms with E-state index >= 15 is 0 Å². The van der Waals surface area contributed by atoms with Crippen molar-refractivity contribution in [3.05, 3.63) is 53.8 Å².